The monoisotopic (exact) mass is 126 g/mol. The minimum Gasteiger partial charge on any atom is -0.854 e. The fourth-order valence-corrected chi connectivity index (χ4v) is 0.352. The van der Waals surface area contributed by atoms with Crippen molar-refractivity contribution in [3.8, 4) is 0 Å². The van der Waals surface area contributed by atoms with Gasteiger partial charge >= 0.3 is 23.1 Å². The first-order valence-corrected chi connectivity index (χ1v) is 2.50. The molecule has 0 fully saturated rings. The van der Waals surface area contributed by atoms with Gasteiger partial charge in [0.15, 0.2) is 0 Å². The summed E-state index contributed by atoms with van der Waals surface area (Å²) in [6, 6.07) is 0. The van der Waals surface area contributed by atoms with E-state index in [0.717, 1.165) is 19.3 Å². The minimum absolute atomic E-state index is 0. The van der Waals surface area contributed by atoms with E-state index in [0.29, 0.717) is 0 Å². The summed E-state index contributed by atoms with van der Waals surface area (Å²) in [5.41, 5.74) is 0. The van der Waals surface area contributed by atoms with E-state index in [1.807, 2.05) is 0 Å². The van der Waals surface area contributed by atoms with Gasteiger partial charge in [-0.15, -0.1) is 6.61 Å². The molecule has 0 bridgehead atoms. The van der Waals surface area contributed by atoms with Crippen LogP contribution in [0.5, 0.6) is 0 Å². The van der Waals surface area contributed by atoms with Crippen LogP contribution >= 0.6 is 0 Å². The fourth-order valence-electron chi connectivity index (χ4n) is 0.352. The summed E-state index contributed by atoms with van der Waals surface area (Å²) in [7, 11) is 0. The van der Waals surface area contributed by atoms with Gasteiger partial charge in [-0.3, -0.25) is 0 Å². The standard InChI is InChI=1S/C5H11O.CH3.Mg/c1-2-3-4-5-6;;/h2-5H2,1H3;1H3;/q2*-1;+2. The largest absolute Gasteiger partial charge is 2.00 e. The van der Waals surface area contributed by atoms with E-state index >= 15 is 0 Å². The van der Waals surface area contributed by atoms with Gasteiger partial charge in [-0.25, -0.2) is 0 Å². The van der Waals surface area contributed by atoms with E-state index in [1.54, 1.807) is 0 Å². The van der Waals surface area contributed by atoms with Crippen LogP contribution in [0.1, 0.15) is 26.2 Å². The summed E-state index contributed by atoms with van der Waals surface area (Å²) in [6.45, 7) is 2.20. The first-order chi connectivity index (χ1) is 2.91. The first kappa shape index (κ1) is 15.9. The average molecular weight is 126 g/mol. The van der Waals surface area contributed by atoms with Crippen molar-refractivity contribution >= 4 is 23.1 Å². The Hall–Kier alpha value is 0.726. The van der Waals surface area contributed by atoms with Crippen LogP contribution in [-0.4, -0.2) is 29.7 Å². The molecule has 0 atom stereocenters. The molecule has 0 aliphatic heterocycles. The molecule has 0 aromatic heterocycles. The molecule has 2 heteroatoms. The Morgan fingerprint density at radius 3 is 1.88 bits per heavy atom. The normalized spacial score (nSPS) is 6.75. The molecular formula is C6H14MgO. The maximum Gasteiger partial charge on any atom is 2.00 e. The SMILES string of the molecule is CCCCC[O-].[CH3-].[Mg+2]. The Bertz CT molecular complexity index is 20.5. The molecule has 0 amide bonds. The van der Waals surface area contributed by atoms with Crippen LogP contribution < -0.4 is 5.11 Å². The van der Waals surface area contributed by atoms with Crippen LogP contribution in [-0.2, 0) is 0 Å². The Morgan fingerprint density at radius 1 is 1.25 bits per heavy atom. The number of unbranched alkanes of at least 4 members (excludes halogenated alkanes) is 2. The molecule has 0 radical (unpaired) electrons. The smallest absolute Gasteiger partial charge is 0.854 e. The summed E-state index contributed by atoms with van der Waals surface area (Å²) in [5.74, 6) is 0. The van der Waals surface area contributed by atoms with E-state index in [1.165, 1.54) is 0 Å². The van der Waals surface area contributed by atoms with Crippen LogP contribution in [0, 0.1) is 7.43 Å². The maximum absolute atomic E-state index is 9.69. The number of hydrogen-bond donors (Lipinski definition) is 0. The van der Waals surface area contributed by atoms with Gasteiger partial charge in [-0.2, -0.15) is 0 Å². The van der Waals surface area contributed by atoms with Gasteiger partial charge in [0.05, 0.1) is 0 Å². The predicted molar refractivity (Wildman–Crippen MR) is 36.6 cm³/mol. The van der Waals surface area contributed by atoms with Gasteiger partial charge in [-0.05, 0) is 0 Å². The van der Waals surface area contributed by atoms with Crippen LogP contribution in [0.3, 0.4) is 0 Å². The quantitative estimate of drug-likeness (QED) is 0.309. The Balaban J connectivity index is -0.000000125. The average Bonchev–Trinajstić information content (AvgIpc) is 1.61. The molecule has 0 N–H and O–H groups in total. The Labute approximate surface area is 68.6 Å². The Morgan fingerprint density at radius 2 is 1.75 bits per heavy atom. The van der Waals surface area contributed by atoms with Crippen molar-refractivity contribution in [1.29, 1.82) is 0 Å². The third kappa shape index (κ3) is 15.9. The van der Waals surface area contributed by atoms with Gasteiger partial charge < -0.3 is 12.5 Å². The number of hydrogen-bond acceptors (Lipinski definition) is 1. The molecule has 1 nitrogen and oxygen atoms in total. The molecule has 0 aliphatic carbocycles. The van der Waals surface area contributed by atoms with Gasteiger partial charge in [0.25, 0.3) is 0 Å². The van der Waals surface area contributed by atoms with E-state index in [9.17, 15) is 5.11 Å². The van der Waals surface area contributed by atoms with Gasteiger partial charge in [0.1, 0.15) is 0 Å². The second-order valence-corrected chi connectivity index (χ2v) is 1.41. The van der Waals surface area contributed by atoms with Crippen molar-refractivity contribution in [2.45, 2.75) is 26.2 Å². The van der Waals surface area contributed by atoms with Crippen molar-refractivity contribution in [2.75, 3.05) is 6.61 Å². The topological polar surface area (TPSA) is 23.1 Å². The molecule has 0 heterocycles. The summed E-state index contributed by atoms with van der Waals surface area (Å²) < 4.78 is 0. The second kappa shape index (κ2) is 15.6. The van der Waals surface area contributed by atoms with Crippen molar-refractivity contribution in [2.24, 2.45) is 0 Å². The zero-order valence-electron chi connectivity index (χ0n) is 5.94. The van der Waals surface area contributed by atoms with Crippen molar-refractivity contribution in [3.05, 3.63) is 7.43 Å². The third-order valence-electron chi connectivity index (χ3n) is 0.748. The van der Waals surface area contributed by atoms with Crippen LogP contribution in [0.4, 0.5) is 0 Å². The van der Waals surface area contributed by atoms with Gasteiger partial charge in [0.2, 0.25) is 0 Å². The molecule has 0 spiro atoms. The van der Waals surface area contributed by atoms with Crippen LogP contribution in [0.2, 0.25) is 0 Å². The molecule has 0 aromatic carbocycles. The summed E-state index contributed by atoms with van der Waals surface area (Å²) in [5, 5.41) is 9.69. The van der Waals surface area contributed by atoms with Crippen molar-refractivity contribution in [3.63, 3.8) is 0 Å². The molecule has 0 unspecified atom stereocenters. The van der Waals surface area contributed by atoms with Gasteiger partial charge in [-0.1, -0.05) is 26.2 Å². The molecule has 0 saturated carbocycles. The minimum atomic E-state index is 0. The molecule has 46 valence electrons. The second-order valence-electron chi connectivity index (χ2n) is 1.41. The first-order valence-electron chi connectivity index (χ1n) is 2.50. The van der Waals surface area contributed by atoms with Crippen molar-refractivity contribution < 1.29 is 5.11 Å². The zero-order chi connectivity index (χ0) is 4.83. The Kier molecular flexibility index (Phi) is 31.1. The fraction of sp³-hybridized carbons (Fsp3) is 0.833. The number of rotatable bonds is 3. The van der Waals surface area contributed by atoms with Crippen molar-refractivity contribution in [1.82, 2.24) is 0 Å². The molecule has 0 aromatic rings. The maximum atomic E-state index is 9.69. The predicted octanol–water partition coefficient (Wildman–Crippen LogP) is 0.606. The summed E-state index contributed by atoms with van der Waals surface area (Å²) in [4.78, 5) is 0. The molecule has 0 saturated heterocycles. The van der Waals surface area contributed by atoms with E-state index in [-0.39, 0.29) is 37.1 Å². The molecule has 8 heavy (non-hydrogen) atoms. The van der Waals surface area contributed by atoms with E-state index in [4.69, 9.17) is 0 Å². The summed E-state index contributed by atoms with van der Waals surface area (Å²) >= 11 is 0. The van der Waals surface area contributed by atoms with Crippen LogP contribution in [0.15, 0.2) is 0 Å². The summed E-state index contributed by atoms with van der Waals surface area (Å²) in [6.07, 6.45) is 3.11. The third-order valence-corrected chi connectivity index (χ3v) is 0.748. The molecule has 0 aliphatic rings. The molecule has 0 rings (SSSR count). The van der Waals surface area contributed by atoms with Crippen LogP contribution in [0.25, 0.3) is 0 Å². The van der Waals surface area contributed by atoms with Gasteiger partial charge in [0, 0.05) is 0 Å². The van der Waals surface area contributed by atoms with E-state index in [2.05, 4.69) is 6.92 Å². The molecular weight excluding hydrogens is 112 g/mol. The van der Waals surface area contributed by atoms with E-state index < -0.39 is 0 Å². The zero-order valence-corrected chi connectivity index (χ0v) is 7.36.